The average molecular weight is 684 g/mol. The van der Waals surface area contributed by atoms with Gasteiger partial charge in [-0.3, -0.25) is 9.59 Å². The van der Waals surface area contributed by atoms with Crippen LogP contribution in [-0.2, 0) is 37.2 Å². The lowest BCUT2D eigenvalue weighted by Gasteiger charge is -2.27. The van der Waals surface area contributed by atoms with Crippen LogP contribution < -0.4 is 16.4 Å². The Hall–Kier alpha value is -5.18. The number of benzene rings is 3. The number of nitrogens with zero attached hydrogens (tertiary/aromatic N) is 2. The summed E-state index contributed by atoms with van der Waals surface area (Å²) in [6.45, 7) is 0.0572. The van der Waals surface area contributed by atoms with Gasteiger partial charge in [0.25, 0.3) is 0 Å². The molecule has 1 aliphatic carbocycles. The van der Waals surface area contributed by atoms with Crippen molar-refractivity contribution >= 4 is 55.6 Å². The summed E-state index contributed by atoms with van der Waals surface area (Å²) < 4.78 is 58.3. The summed E-state index contributed by atoms with van der Waals surface area (Å²) in [4.78, 5) is 41.7. The molecule has 252 valence electrons. The number of carboxylic acids is 1. The van der Waals surface area contributed by atoms with Crippen LogP contribution in [0.5, 0.6) is 0 Å². The van der Waals surface area contributed by atoms with Crippen molar-refractivity contribution in [3.8, 4) is 0 Å². The number of halogens is 3. The molecule has 1 aromatic heterocycles. The van der Waals surface area contributed by atoms with Crippen LogP contribution in [-0.4, -0.2) is 59.7 Å². The highest BCUT2D eigenvalue weighted by molar-refractivity contribution is 7.92. The van der Waals surface area contributed by atoms with Crippen LogP contribution in [0.3, 0.4) is 0 Å². The van der Waals surface area contributed by atoms with E-state index < -0.39 is 33.3 Å². The zero-order valence-electron chi connectivity index (χ0n) is 25.6. The molecule has 0 unspecified atom stereocenters. The number of hydrogen-bond donors (Lipinski definition) is 4. The molecule has 48 heavy (non-hydrogen) atoms. The maximum absolute atomic E-state index is 14.1. The van der Waals surface area contributed by atoms with E-state index in [4.69, 9.17) is 15.6 Å². The Morgan fingerprint density at radius 3 is 2.46 bits per heavy atom. The number of nitrogens with two attached hydrogens (primary N) is 1. The number of aliphatic carboxylic acids is 1. The maximum atomic E-state index is 14.1. The van der Waals surface area contributed by atoms with Gasteiger partial charge in [-0.15, -0.1) is 0 Å². The van der Waals surface area contributed by atoms with E-state index in [1.807, 2.05) is 48.5 Å². The molecule has 15 heteroatoms. The number of hydrogen-bond acceptors (Lipinski definition) is 8. The van der Waals surface area contributed by atoms with Crippen LogP contribution >= 0.6 is 0 Å². The van der Waals surface area contributed by atoms with Crippen LogP contribution in [0.15, 0.2) is 77.8 Å². The van der Waals surface area contributed by atoms with E-state index in [0.29, 0.717) is 36.3 Å². The minimum absolute atomic E-state index is 0.0572. The number of aromatic nitrogens is 1. The fraction of sp³-hybridized carbons (Fsp3) is 0.273. The molecular formula is C33H32F3N5O6S. The Kier molecular flexibility index (Phi) is 9.62. The highest BCUT2D eigenvalue weighted by Crippen LogP contribution is 2.36. The number of pyridine rings is 1. The molecule has 3 aromatic carbocycles. The third kappa shape index (κ3) is 7.85. The number of sulfone groups is 1. The number of carbonyl (C=O) groups excluding carboxylic acids is 2. The lowest BCUT2D eigenvalue weighted by Crippen LogP contribution is -2.35. The summed E-state index contributed by atoms with van der Waals surface area (Å²) in [7, 11) is -1.87. The Balaban J connectivity index is 0.000000582. The van der Waals surface area contributed by atoms with Crippen LogP contribution in [0.4, 0.5) is 30.4 Å². The molecule has 1 fully saturated rings. The third-order valence-corrected chi connectivity index (χ3v) is 10.3. The van der Waals surface area contributed by atoms with E-state index in [2.05, 4.69) is 15.6 Å². The van der Waals surface area contributed by atoms with E-state index in [0.717, 1.165) is 27.6 Å². The van der Waals surface area contributed by atoms with Gasteiger partial charge in [0, 0.05) is 43.0 Å². The fourth-order valence-corrected chi connectivity index (χ4v) is 7.19. The number of nitrogen functional groups attached to an aromatic ring is 1. The molecule has 11 nitrogen and oxygen atoms in total. The first-order valence-corrected chi connectivity index (χ1v) is 16.4. The SMILES string of the molecule is CN1Cc2cc(ccc2S(=O)(=O)C2CC2)NC(=O)CCc2cccc(c2)[C@@H](Nc2ccc3c(N)nccc3c2)C1=O.O=C(O)C(F)(F)F. The fourth-order valence-electron chi connectivity index (χ4n) is 5.32. The van der Waals surface area contributed by atoms with Gasteiger partial charge in [-0.1, -0.05) is 24.3 Å². The number of nitrogens with one attached hydrogen (secondary N) is 2. The third-order valence-electron chi connectivity index (χ3n) is 7.92. The number of carboxylic acid groups (broad SMARTS) is 1. The van der Waals surface area contributed by atoms with Gasteiger partial charge < -0.3 is 26.4 Å². The number of fused-ring (bicyclic) bond motifs is 5. The molecule has 2 aliphatic rings. The van der Waals surface area contributed by atoms with Gasteiger partial charge >= 0.3 is 12.1 Å². The van der Waals surface area contributed by atoms with E-state index in [9.17, 15) is 31.2 Å². The number of rotatable bonds is 4. The quantitative estimate of drug-likeness (QED) is 0.229. The molecule has 0 saturated heterocycles. The van der Waals surface area contributed by atoms with Gasteiger partial charge in [-0.2, -0.15) is 13.2 Å². The van der Waals surface area contributed by atoms with Crippen molar-refractivity contribution in [3.63, 3.8) is 0 Å². The smallest absolute Gasteiger partial charge is 0.475 e. The number of aryl methyl sites for hydroxylation is 1. The monoisotopic (exact) mass is 683 g/mol. The first-order chi connectivity index (χ1) is 22.6. The van der Waals surface area contributed by atoms with E-state index >= 15 is 0 Å². The normalized spacial score (nSPS) is 17.1. The number of alkyl halides is 3. The van der Waals surface area contributed by atoms with E-state index in [1.54, 1.807) is 31.4 Å². The molecule has 6 rings (SSSR count). The molecule has 4 aromatic rings. The summed E-state index contributed by atoms with van der Waals surface area (Å²) in [5.41, 5.74) is 9.41. The van der Waals surface area contributed by atoms with Crippen LogP contribution in [0.1, 0.15) is 42.0 Å². The predicted octanol–water partition coefficient (Wildman–Crippen LogP) is 5.08. The summed E-state index contributed by atoms with van der Waals surface area (Å²) in [6, 6.07) is 19.2. The van der Waals surface area contributed by atoms with E-state index in [-0.39, 0.29) is 29.7 Å². The summed E-state index contributed by atoms with van der Waals surface area (Å²) in [5, 5.41) is 14.7. The van der Waals surface area contributed by atoms with Gasteiger partial charge in [0.15, 0.2) is 9.84 Å². The molecule has 2 amide bonds. The van der Waals surface area contributed by atoms with Crippen molar-refractivity contribution in [3.05, 3.63) is 89.6 Å². The maximum Gasteiger partial charge on any atom is 0.490 e. The van der Waals surface area contributed by atoms with Crippen molar-refractivity contribution in [2.24, 2.45) is 0 Å². The van der Waals surface area contributed by atoms with Crippen molar-refractivity contribution in [2.45, 2.75) is 54.6 Å². The minimum Gasteiger partial charge on any atom is -0.475 e. The van der Waals surface area contributed by atoms with Crippen molar-refractivity contribution in [1.29, 1.82) is 0 Å². The Labute approximate surface area is 273 Å². The molecule has 1 saturated carbocycles. The molecule has 1 aliphatic heterocycles. The lowest BCUT2D eigenvalue weighted by atomic mass is 9.99. The van der Waals surface area contributed by atoms with Gasteiger partial charge in [-0.25, -0.2) is 18.2 Å². The van der Waals surface area contributed by atoms with Gasteiger partial charge in [0.2, 0.25) is 11.8 Å². The molecule has 0 spiro atoms. The lowest BCUT2D eigenvalue weighted by molar-refractivity contribution is -0.192. The molecule has 4 bridgehead atoms. The Morgan fingerprint density at radius 1 is 1.04 bits per heavy atom. The zero-order valence-corrected chi connectivity index (χ0v) is 26.4. The summed E-state index contributed by atoms with van der Waals surface area (Å²) in [6.07, 6.45) is -1.45. The highest BCUT2D eigenvalue weighted by Gasteiger charge is 2.39. The molecule has 1 atom stereocenters. The number of carbonyl (C=O) groups is 3. The van der Waals surface area contributed by atoms with Crippen molar-refractivity contribution < 1.29 is 41.1 Å². The Morgan fingerprint density at radius 2 is 1.77 bits per heavy atom. The second-order valence-electron chi connectivity index (χ2n) is 11.6. The predicted molar refractivity (Wildman–Crippen MR) is 173 cm³/mol. The number of likely N-dealkylation sites (N-methyl/N-ethyl adjacent to an activating group) is 1. The summed E-state index contributed by atoms with van der Waals surface area (Å²) in [5.74, 6) is -2.72. The standard InChI is InChI=1S/C31H31N5O4S.C2HF3O2/c1-36-18-22-17-23(7-11-27(22)41(39,40)25-8-9-25)34-28(37)12-5-19-3-2-4-21(15-19)29(31(36)38)35-24-6-10-26-20(16-24)13-14-33-30(26)32;3-2(4,5)1(6)7/h2-4,6-7,10-11,13-17,25,29,35H,5,8-9,12,18H2,1H3,(H2,32,33)(H,34,37);(H,6,7)/t29-;/m1./s1. The minimum atomic E-state index is -5.08. The highest BCUT2D eigenvalue weighted by atomic mass is 32.2. The van der Waals surface area contributed by atoms with Crippen molar-refractivity contribution in [2.75, 3.05) is 23.4 Å². The summed E-state index contributed by atoms with van der Waals surface area (Å²) >= 11 is 0. The molecule has 5 N–H and O–H groups in total. The first kappa shape index (κ1) is 34.2. The van der Waals surface area contributed by atoms with Gasteiger partial charge in [0.1, 0.15) is 11.9 Å². The Bertz CT molecular complexity index is 2000. The topological polar surface area (TPSA) is 172 Å². The molecule has 2 heterocycles. The zero-order chi connectivity index (χ0) is 34.8. The number of amides is 2. The van der Waals surface area contributed by atoms with Gasteiger partial charge in [0.05, 0.1) is 10.1 Å². The van der Waals surface area contributed by atoms with Gasteiger partial charge in [-0.05, 0) is 83.8 Å². The molecule has 0 radical (unpaired) electrons. The second kappa shape index (κ2) is 13.5. The second-order valence-corrected chi connectivity index (χ2v) is 13.8. The van der Waals surface area contributed by atoms with E-state index in [1.165, 1.54) is 4.90 Å². The first-order valence-electron chi connectivity index (χ1n) is 14.8. The average Bonchev–Trinajstić information content (AvgIpc) is 3.89. The largest absolute Gasteiger partial charge is 0.490 e. The van der Waals surface area contributed by atoms with Crippen molar-refractivity contribution in [1.82, 2.24) is 9.88 Å². The van der Waals surface area contributed by atoms with Crippen LogP contribution in [0.25, 0.3) is 10.8 Å². The number of anilines is 3. The molecular weight excluding hydrogens is 651 g/mol. The van der Waals surface area contributed by atoms with Crippen LogP contribution in [0.2, 0.25) is 0 Å². The van der Waals surface area contributed by atoms with Crippen LogP contribution in [0, 0.1) is 0 Å².